The number of carbonyl (C=O) groups is 2. The predicted octanol–water partition coefficient (Wildman–Crippen LogP) is 2.38. The number of nitrogens with zero attached hydrogens (tertiary/aromatic N) is 3. The van der Waals surface area contributed by atoms with Crippen LogP contribution in [-0.4, -0.2) is 54.3 Å². The Morgan fingerprint density at radius 1 is 1.09 bits per heavy atom. The van der Waals surface area contributed by atoms with Gasteiger partial charge in [-0.05, 0) is 42.7 Å². The first-order valence-corrected chi connectivity index (χ1v) is 12.4. The summed E-state index contributed by atoms with van der Waals surface area (Å²) in [5, 5.41) is 2.95. The number of piperidine rings is 1. The number of benzene rings is 2. The van der Waals surface area contributed by atoms with Crippen LogP contribution in [0.3, 0.4) is 0 Å². The zero-order chi connectivity index (χ0) is 24.1. The number of imidazole rings is 1. The number of carbonyl (C=O) groups excluding carboxylic acids is 2. The molecule has 3 aromatic rings. The van der Waals surface area contributed by atoms with E-state index < -0.39 is 16.0 Å². The fourth-order valence-electron chi connectivity index (χ4n) is 4.00. The maximum atomic E-state index is 13.1. The van der Waals surface area contributed by atoms with Crippen molar-refractivity contribution in [2.24, 2.45) is 5.92 Å². The Balaban J connectivity index is 1.33. The third-order valence-corrected chi connectivity index (χ3v) is 7.90. The summed E-state index contributed by atoms with van der Waals surface area (Å²) in [5.74, 6) is -1.07. The van der Waals surface area contributed by atoms with E-state index in [1.165, 1.54) is 23.5 Å². The summed E-state index contributed by atoms with van der Waals surface area (Å²) in [6.45, 7) is 0.805. The molecule has 0 bridgehead atoms. The Morgan fingerprint density at radius 2 is 1.79 bits per heavy atom. The average Bonchev–Trinajstić information content (AvgIpc) is 3.42. The largest absolute Gasteiger partial charge is 0.465 e. The van der Waals surface area contributed by atoms with Gasteiger partial charge in [0.15, 0.2) is 0 Å². The first kappa shape index (κ1) is 23.7. The summed E-state index contributed by atoms with van der Waals surface area (Å²) < 4.78 is 34.2. The number of amides is 1. The number of rotatable bonds is 7. The number of ether oxygens (including phenoxy) is 1. The van der Waals surface area contributed by atoms with Crippen molar-refractivity contribution < 1.29 is 22.7 Å². The molecule has 2 aromatic carbocycles. The smallest absolute Gasteiger partial charge is 0.339 e. The van der Waals surface area contributed by atoms with Crippen molar-refractivity contribution in [3.05, 3.63) is 78.4 Å². The first-order chi connectivity index (χ1) is 16.4. The van der Waals surface area contributed by atoms with E-state index in [4.69, 9.17) is 4.74 Å². The highest BCUT2D eigenvalue weighted by Gasteiger charge is 2.34. The van der Waals surface area contributed by atoms with Crippen molar-refractivity contribution in [1.29, 1.82) is 0 Å². The lowest BCUT2D eigenvalue weighted by atomic mass is 9.97. The number of sulfonamides is 1. The molecule has 0 atom stereocenters. The van der Waals surface area contributed by atoms with Crippen LogP contribution in [0.25, 0.3) is 5.69 Å². The first-order valence-electron chi connectivity index (χ1n) is 10.9. The van der Waals surface area contributed by atoms with Gasteiger partial charge < -0.3 is 14.6 Å². The Hall–Kier alpha value is -3.50. The minimum atomic E-state index is -3.88. The second-order valence-corrected chi connectivity index (χ2v) is 9.93. The normalized spacial score (nSPS) is 15.1. The van der Waals surface area contributed by atoms with Gasteiger partial charge in [-0.2, -0.15) is 4.31 Å². The highest BCUT2D eigenvalue weighted by molar-refractivity contribution is 7.89. The van der Waals surface area contributed by atoms with Gasteiger partial charge in [-0.15, -0.1) is 0 Å². The molecule has 1 fully saturated rings. The Morgan fingerprint density at radius 3 is 2.44 bits per heavy atom. The Kier molecular flexibility index (Phi) is 7.09. The second-order valence-electron chi connectivity index (χ2n) is 8.02. The van der Waals surface area contributed by atoms with E-state index in [1.54, 1.807) is 24.7 Å². The van der Waals surface area contributed by atoms with Crippen LogP contribution in [0.2, 0.25) is 0 Å². The highest BCUT2D eigenvalue weighted by Crippen LogP contribution is 2.26. The van der Waals surface area contributed by atoms with Crippen LogP contribution in [0.1, 0.15) is 28.8 Å². The molecule has 0 unspecified atom stereocenters. The number of nitrogens with one attached hydrogen (secondary N) is 1. The lowest BCUT2D eigenvalue weighted by molar-refractivity contribution is -0.126. The molecule has 1 aliphatic heterocycles. The Labute approximate surface area is 198 Å². The van der Waals surface area contributed by atoms with Crippen molar-refractivity contribution in [3.8, 4) is 5.69 Å². The van der Waals surface area contributed by atoms with E-state index in [9.17, 15) is 18.0 Å². The highest BCUT2D eigenvalue weighted by atomic mass is 32.2. The number of esters is 1. The van der Waals surface area contributed by atoms with Gasteiger partial charge in [0.25, 0.3) is 0 Å². The van der Waals surface area contributed by atoms with E-state index in [1.807, 2.05) is 35.0 Å². The Bertz CT molecular complexity index is 1250. The van der Waals surface area contributed by atoms with Gasteiger partial charge in [0.2, 0.25) is 15.9 Å². The lowest BCUT2D eigenvalue weighted by Crippen LogP contribution is -2.43. The van der Waals surface area contributed by atoms with Crippen LogP contribution < -0.4 is 5.32 Å². The number of hydrogen-bond donors (Lipinski definition) is 1. The quantitative estimate of drug-likeness (QED) is 0.518. The van der Waals surface area contributed by atoms with Gasteiger partial charge in [0, 0.05) is 43.6 Å². The van der Waals surface area contributed by atoms with Gasteiger partial charge in [0.1, 0.15) is 0 Å². The van der Waals surface area contributed by atoms with Crippen molar-refractivity contribution in [1.82, 2.24) is 19.2 Å². The zero-order valence-corrected chi connectivity index (χ0v) is 19.6. The van der Waals surface area contributed by atoms with Crippen LogP contribution in [0.15, 0.2) is 72.1 Å². The van der Waals surface area contributed by atoms with Crippen LogP contribution in [0, 0.1) is 5.92 Å². The lowest BCUT2D eigenvalue weighted by Gasteiger charge is -2.31. The van der Waals surface area contributed by atoms with E-state index in [0.717, 1.165) is 11.3 Å². The van der Waals surface area contributed by atoms with Gasteiger partial charge in [-0.3, -0.25) is 4.79 Å². The summed E-state index contributed by atoms with van der Waals surface area (Å²) in [4.78, 5) is 28.6. The molecule has 1 aliphatic rings. The maximum Gasteiger partial charge on any atom is 0.339 e. The molecule has 0 radical (unpaired) electrons. The van der Waals surface area contributed by atoms with Crippen LogP contribution in [0.4, 0.5) is 0 Å². The fourth-order valence-corrected chi connectivity index (χ4v) is 5.65. The van der Waals surface area contributed by atoms with Gasteiger partial charge in [-0.1, -0.05) is 24.3 Å². The monoisotopic (exact) mass is 482 g/mol. The number of hydrogen-bond acceptors (Lipinski definition) is 6. The molecule has 1 saturated heterocycles. The third kappa shape index (κ3) is 5.02. The van der Waals surface area contributed by atoms with E-state index >= 15 is 0 Å². The van der Waals surface area contributed by atoms with Gasteiger partial charge >= 0.3 is 5.97 Å². The second kappa shape index (κ2) is 10.2. The summed E-state index contributed by atoms with van der Waals surface area (Å²) in [5.41, 5.74) is 1.95. The van der Waals surface area contributed by atoms with E-state index in [-0.39, 0.29) is 35.4 Å². The van der Waals surface area contributed by atoms with E-state index in [0.29, 0.717) is 19.4 Å². The molecule has 2 heterocycles. The topological polar surface area (TPSA) is 111 Å². The molecule has 0 spiro atoms. The number of aromatic nitrogens is 2. The summed E-state index contributed by atoms with van der Waals surface area (Å²) in [6, 6.07) is 13.8. The van der Waals surface area contributed by atoms with Crippen molar-refractivity contribution in [2.75, 3.05) is 20.2 Å². The SMILES string of the molecule is COC(=O)c1ccccc1S(=O)(=O)N1CCC(C(=O)NCc2ccc(-n3ccnc3)cc2)CC1. The molecule has 10 heteroatoms. The summed E-state index contributed by atoms with van der Waals surface area (Å²) in [6.07, 6.45) is 6.10. The minimum absolute atomic E-state index is 0.00363. The fraction of sp³-hybridized carbons (Fsp3) is 0.292. The minimum Gasteiger partial charge on any atom is -0.465 e. The van der Waals surface area contributed by atoms with E-state index in [2.05, 4.69) is 10.3 Å². The molecule has 4 rings (SSSR count). The zero-order valence-electron chi connectivity index (χ0n) is 18.8. The molecule has 1 aromatic heterocycles. The van der Waals surface area contributed by atoms with Gasteiger partial charge in [0.05, 0.1) is 23.9 Å². The maximum absolute atomic E-state index is 13.1. The summed E-state index contributed by atoms with van der Waals surface area (Å²) >= 11 is 0. The molecule has 0 saturated carbocycles. The molecule has 1 amide bonds. The van der Waals surface area contributed by atoms with Gasteiger partial charge in [-0.25, -0.2) is 18.2 Å². The molecule has 9 nitrogen and oxygen atoms in total. The third-order valence-electron chi connectivity index (χ3n) is 5.94. The molecule has 178 valence electrons. The van der Waals surface area contributed by atoms with Crippen LogP contribution in [0.5, 0.6) is 0 Å². The summed E-state index contributed by atoms with van der Waals surface area (Å²) in [7, 11) is -2.67. The standard InChI is InChI=1S/C24H26N4O5S/c1-33-24(30)21-4-2-3-5-22(21)34(31,32)28-13-10-19(11-14-28)23(29)26-16-18-6-8-20(9-7-18)27-15-12-25-17-27/h2-9,12,15,17,19H,10-11,13-14,16H2,1H3,(H,26,29). The number of methoxy groups -OCH3 is 1. The van der Waals surface area contributed by atoms with Crippen molar-refractivity contribution >= 4 is 21.9 Å². The molecule has 0 aliphatic carbocycles. The molecule has 1 N–H and O–H groups in total. The predicted molar refractivity (Wildman–Crippen MR) is 125 cm³/mol. The van der Waals surface area contributed by atoms with Crippen molar-refractivity contribution in [3.63, 3.8) is 0 Å². The average molecular weight is 483 g/mol. The molecular weight excluding hydrogens is 456 g/mol. The van der Waals surface area contributed by atoms with Crippen LogP contribution >= 0.6 is 0 Å². The molecule has 34 heavy (non-hydrogen) atoms. The van der Waals surface area contributed by atoms with Crippen molar-refractivity contribution in [2.45, 2.75) is 24.3 Å². The molecular formula is C24H26N4O5S. The van der Waals surface area contributed by atoms with Crippen LogP contribution in [-0.2, 0) is 26.1 Å².